The Morgan fingerprint density at radius 2 is 2.08 bits per heavy atom. The number of nitrogens with one attached hydrogen (secondary N) is 2. The van der Waals surface area contributed by atoms with Gasteiger partial charge in [-0.15, -0.1) is 0 Å². The average molecular weight is 347 g/mol. The van der Waals surface area contributed by atoms with Crippen LogP contribution in [0.5, 0.6) is 0 Å². The molecule has 24 heavy (non-hydrogen) atoms. The van der Waals surface area contributed by atoms with Gasteiger partial charge in [0.15, 0.2) is 5.16 Å². The van der Waals surface area contributed by atoms with Gasteiger partial charge in [-0.2, -0.15) is 0 Å². The van der Waals surface area contributed by atoms with E-state index in [1.165, 1.54) is 6.07 Å². The molecule has 1 aromatic carbocycles. The standard InChI is InChI=1S/C16H17N3O4S/c1-3-23-15(22)11-6-4-5-7-12(11)18-14(21)9-24-16-17-10(2)8-13(20)19-16/h4-8H,3,9H2,1-2H3,(H,18,21)(H,17,19,20). The van der Waals surface area contributed by atoms with Crippen LogP contribution < -0.4 is 10.9 Å². The van der Waals surface area contributed by atoms with Crippen LogP contribution >= 0.6 is 11.8 Å². The number of nitrogens with zero attached hydrogens (tertiary/aromatic N) is 1. The lowest BCUT2D eigenvalue weighted by atomic mass is 10.2. The number of hydrogen-bond donors (Lipinski definition) is 2. The number of esters is 1. The van der Waals surface area contributed by atoms with Gasteiger partial charge in [-0.3, -0.25) is 9.59 Å². The van der Waals surface area contributed by atoms with Gasteiger partial charge in [-0.1, -0.05) is 23.9 Å². The second-order valence-electron chi connectivity index (χ2n) is 4.79. The van der Waals surface area contributed by atoms with Crippen LogP contribution in [0.4, 0.5) is 5.69 Å². The fourth-order valence-electron chi connectivity index (χ4n) is 1.92. The number of para-hydroxylation sites is 1. The maximum Gasteiger partial charge on any atom is 0.340 e. The second kappa shape index (κ2) is 8.30. The van der Waals surface area contributed by atoms with Crippen molar-refractivity contribution in [3.63, 3.8) is 0 Å². The number of aromatic amines is 1. The van der Waals surface area contributed by atoms with E-state index in [1.54, 1.807) is 38.1 Å². The number of carbonyl (C=O) groups excluding carboxylic acids is 2. The number of aryl methyl sites for hydroxylation is 1. The third-order valence-electron chi connectivity index (χ3n) is 2.88. The van der Waals surface area contributed by atoms with Crippen LogP contribution in [-0.4, -0.2) is 34.2 Å². The largest absolute Gasteiger partial charge is 0.462 e. The molecule has 0 aliphatic rings. The van der Waals surface area contributed by atoms with Crippen molar-refractivity contribution in [3.05, 3.63) is 51.9 Å². The van der Waals surface area contributed by atoms with Crippen LogP contribution in [0.2, 0.25) is 0 Å². The normalized spacial score (nSPS) is 10.2. The lowest BCUT2D eigenvalue weighted by molar-refractivity contribution is -0.113. The number of benzene rings is 1. The molecule has 0 aliphatic heterocycles. The van der Waals surface area contributed by atoms with Crippen molar-refractivity contribution >= 4 is 29.3 Å². The zero-order valence-electron chi connectivity index (χ0n) is 13.3. The minimum atomic E-state index is -0.495. The molecule has 7 nitrogen and oxygen atoms in total. The summed E-state index contributed by atoms with van der Waals surface area (Å²) in [6, 6.07) is 7.99. The Labute approximate surface area is 142 Å². The predicted octanol–water partition coefficient (Wildman–Crippen LogP) is 1.99. The van der Waals surface area contributed by atoms with Crippen molar-refractivity contribution < 1.29 is 14.3 Å². The highest BCUT2D eigenvalue weighted by Crippen LogP contribution is 2.18. The Bertz CT molecular complexity index is 804. The highest BCUT2D eigenvalue weighted by molar-refractivity contribution is 7.99. The third-order valence-corrected chi connectivity index (χ3v) is 3.76. The summed E-state index contributed by atoms with van der Waals surface area (Å²) >= 11 is 1.11. The fourth-order valence-corrected chi connectivity index (χ4v) is 2.64. The number of hydrogen-bond acceptors (Lipinski definition) is 6. The summed E-state index contributed by atoms with van der Waals surface area (Å²) in [6.07, 6.45) is 0. The average Bonchev–Trinajstić information content (AvgIpc) is 2.53. The Hall–Kier alpha value is -2.61. The van der Waals surface area contributed by atoms with E-state index in [-0.39, 0.29) is 23.8 Å². The van der Waals surface area contributed by atoms with Gasteiger partial charge in [0, 0.05) is 11.8 Å². The molecule has 0 fully saturated rings. The molecule has 0 atom stereocenters. The molecule has 0 aliphatic carbocycles. The van der Waals surface area contributed by atoms with Gasteiger partial charge in [-0.25, -0.2) is 9.78 Å². The van der Waals surface area contributed by atoms with Crippen LogP contribution in [0.1, 0.15) is 23.0 Å². The fraction of sp³-hybridized carbons (Fsp3) is 0.250. The second-order valence-corrected chi connectivity index (χ2v) is 5.76. The van der Waals surface area contributed by atoms with Crippen LogP contribution in [-0.2, 0) is 9.53 Å². The number of thioether (sulfide) groups is 1. The predicted molar refractivity (Wildman–Crippen MR) is 91.3 cm³/mol. The molecular formula is C16H17N3O4S. The van der Waals surface area contributed by atoms with Gasteiger partial charge >= 0.3 is 5.97 Å². The highest BCUT2D eigenvalue weighted by atomic mass is 32.2. The first kappa shape index (κ1) is 17.7. The maximum atomic E-state index is 12.1. The van der Waals surface area contributed by atoms with Crippen molar-refractivity contribution in [1.82, 2.24) is 9.97 Å². The van der Waals surface area contributed by atoms with E-state index in [4.69, 9.17) is 4.74 Å². The van der Waals surface area contributed by atoms with Crippen molar-refractivity contribution in [2.45, 2.75) is 19.0 Å². The minimum Gasteiger partial charge on any atom is -0.462 e. The first-order chi connectivity index (χ1) is 11.5. The van der Waals surface area contributed by atoms with E-state index < -0.39 is 5.97 Å². The number of aromatic nitrogens is 2. The molecule has 0 spiro atoms. The van der Waals surface area contributed by atoms with E-state index in [0.29, 0.717) is 22.1 Å². The Morgan fingerprint density at radius 1 is 1.33 bits per heavy atom. The molecule has 1 amide bonds. The van der Waals surface area contributed by atoms with E-state index in [1.807, 2.05) is 0 Å². The SMILES string of the molecule is CCOC(=O)c1ccccc1NC(=O)CSc1nc(C)cc(=O)[nH]1. The summed E-state index contributed by atoms with van der Waals surface area (Å²) in [5, 5.41) is 3.04. The molecule has 2 N–H and O–H groups in total. The van der Waals surface area contributed by atoms with E-state index in [0.717, 1.165) is 11.8 Å². The maximum absolute atomic E-state index is 12.1. The lowest BCUT2D eigenvalue weighted by Crippen LogP contribution is -2.18. The number of carbonyl (C=O) groups is 2. The summed E-state index contributed by atoms with van der Waals surface area (Å²) < 4.78 is 4.96. The van der Waals surface area contributed by atoms with Crippen LogP contribution in [0.15, 0.2) is 40.3 Å². The summed E-state index contributed by atoms with van der Waals surface area (Å²) in [4.78, 5) is 42.0. The first-order valence-electron chi connectivity index (χ1n) is 7.26. The number of ether oxygens (including phenoxy) is 1. The monoisotopic (exact) mass is 347 g/mol. The topological polar surface area (TPSA) is 101 Å². The van der Waals surface area contributed by atoms with Crippen molar-refractivity contribution in [1.29, 1.82) is 0 Å². The van der Waals surface area contributed by atoms with Crippen LogP contribution in [0.25, 0.3) is 0 Å². The van der Waals surface area contributed by atoms with Gasteiger partial charge in [0.25, 0.3) is 5.56 Å². The lowest BCUT2D eigenvalue weighted by Gasteiger charge is -2.10. The summed E-state index contributed by atoms with van der Waals surface area (Å²) in [5.74, 6) is -0.768. The zero-order chi connectivity index (χ0) is 17.5. The summed E-state index contributed by atoms with van der Waals surface area (Å²) in [5.41, 5.74) is 0.986. The van der Waals surface area contributed by atoms with Gasteiger partial charge < -0.3 is 15.0 Å². The molecule has 0 unspecified atom stereocenters. The molecule has 2 aromatic rings. The summed E-state index contributed by atoms with van der Waals surface area (Å²) in [7, 11) is 0. The van der Waals surface area contributed by atoms with E-state index in [2.05, 4.69) is 15.3 Å². The molecule has 1 aromatic heterocycles. The minimum absolute atomic E-state index is 0.0452. The van der Waals surface area contributed by atoms with Crippen LogP contribution in [0.3, 0.4) is 0 Å². The molecule has 0 saturated carbocycles. The van der Waals surface area contributed by atoms with Gasteiger partial charge in [0.2, 0.25) is 5.91 Å². The first-order valence-corrected chi connectivity index (χ1v) is 8.25. The molecule has 2 rings (SSSR count). The smallest absolute Gasteiger partial charge is 0.340 e. The van der Waals surface area contributed by atoms with Crippen molar-refractivity contribution in [3.8, 4) is 0 Å². The highest BCUT2D eigenvalue weighted by Gasteiger charge is 2.14. The molecule has 0 saturated heterocycles. The van der Waals surface area contributed by atoms with E-state index in [9.17, 15) is 14.4 Å². The van der Waals surface area contributed by atoms with Crippen LogP contribution in [0, 0.1) is 6.92 Å². The number of anilines is 1. The number of amides is 1. The van der Waals surface area contributed by atoms with Crippen molar-refractivity contribution in [2.24, 2.45) is 0 Å². The van der Waals surface area contributed by atoms with Gasteiger partial charge in [0.05, 0.1) is 23.6 Å². The van der Waals surface area contributed by atoms with Gasteiger partial charge in [0.1, 0.15) is 0 Å². The molecule has 126 valence electrons. The number of H-pyrrole nitrogens is 1. The Balaban J connectivity index is 2.02. The molecular weight excluding hydrogens is 330 g/mol. The van der Waals surface area contributed by atoms with E-state index >= 15 is 0 Å². The Morgan fingerprint density at radius 3 is 2.79 bits per heavy atom. The van der Waals surface area contributed by atoms with Gasteiger partial charge in [-0.05, 0) is 26.0 Å². The quantitative estimate of drug-likeness (QED) is 0.471. The zero-order valence-corrected chi connectivity index (χ0v) is 14.1. The molecule has 0 radical (unpaired) electrons. The number of rotatable bonds is 6. The third kappa shape index (κ3) is 4.95. The van der Waals surface area contributed by atoms with Crippen molar-refractivity contribution in [2.75, 3.05) is 17.7 Å². The molecule has 0 bridgehead atoms. The molecule has 1 heterocycles. The molecule has 8 heteroatoms. The Kier molecular flexibility index (Phi) is 6.14. The summed E-state index contributed by atoms with van der Waals surface area (Å²) in [6.45, 7) is 3.67.